The van der Waals surface area contributed by atoms with Crippen LogP contribution in [0.25, 0.3) is 0 Å². The van der Waals surface area contributed by atoms with Crippen LogP contribution in [0.15, 0.2) is 24.3 Å². The monoisotopic (exact) mass is 254 g/mol. The second-order valence-electron chi connectivity index (χ2n) is 3.65. The molecular weight excluding hydrogens is 236 g/mol. The van der Waals surface area contributed by atoms with Gasteiger partial charge < -0.3 is 9.47 Å². The molecule has 0 aromatic heterocycles. The fourth-order valence-electron chi connectivity index (χ4n) is 1.33. The van der Waals surface area contributed by atoms with Crippen molar-refractivity contribution in [3.8, 4) is 5.75 Å². The van der Waals surface area contributed by atoms with Crippen LogP contribution in [0.1, 0.15) is 12.5 Å². The summed E-state index contributed by atoms with van der Waals surface area (Å²) in [6.45, 7) is 4.45. The van der Waals surface area contributed by atoms with Crippen LogP contribution in [0.5, 0.6) is 5.75 Å². The molecule has 0 radical (unpaired) electrons. The minimum absolute atomic E-state index is 0.138. The molecule has 1 atom stereocenters. The van der Waals surface area contributed by atoms with Gasteiger partial charge in [0.25, 0.3) is 0 Å². The normalized spacial score (nSPS) is 11.9. The molecule has 17 heavy (non-hydrogen) atoms. The van der Waals surface area contributed by atoms with Gasteiger partial charge in [0.2, 0.25) is 0 Å². The van der Waals surface area contributed by atoms with Crippen molar-refractivity contribution in [2.24, 2.45) is 0 Å². The van der Waals surface area contributed by atoms with Gasteiger partial charge >= 0.3 is 5.97 Å². The molecule has 0 N–H and O–H groups in total. The second-order valence-corrected chi connectivity index (χ2v) is 5.10. The third-order valence-corrected chi connectivity index (χ3v) is 3.43. The summed E-state index contributed by atoms with van der Waals surface area (Å²) in [6.07, 6.45) is 0. The van der Waals surface area contributed by atoms with E-state index in [2.05, 4.69) is 4.74 Å². The third kappa shape index (κ3) is 4.69. The molecule has 0 bridgehead atoms. The van der Waals surface area contributed by atoms with Gasteiger partial charge in [-0.2, -0.15) is 0 Å². The molecule has 1 aromatic rings. The van der Waals surface area contributed by atoms with Crippen molar-refractivity contribution in [3.63, 3.8) is 0 Å². The van der Waals surface area contributed by atoms with E-state index in [1.165, 1.54) is 18.9 Å². The number of esters is 1. The lowest BCUT2D eigenvalue weighted by atomic mass is 10.2. The molecule has 0 heterocycles. The summed E-state index contributed by atoms with van der Waals surface area (Å²) in [5.41, 5.74) is 1.12. The summed E-state index contributed by atoms with van der Waals surface area (Å²) in [6, 6.07) is 7.89. The molecule has 0 fully saturated rings. The van der Waals surface area contributed by atoms with Gasteiger partial charge in [0.05, 0.1) is 19.0 Å². The molecular formula is C13H18O3S. The van der Waals surface area contributed by atoms with Crippen LogP contribution in [0.4, 0.5) is 0 Å². The zero-order valence-electron chi connectivity index (χ0n) is 10.4. The van der Waals surface area contributed by atoms with E-state index in [1.54, 1.807) is 0 Å². The van der Waals surface area contributed by atoms with Crippen LogP contribution in [0.3, 0.4) is 0 Å². The Morgan fingerprint density at radius 2 is 2.12 bits per heavy atom. The second kappa shape index (κ2) is 7.22. The zero-order chi connectivity index (χ0) is 12.7. The molecule has 0 saturated carbocycles. The Kier molecular flexibility index (Phi) is 5.91. The van der Waals surface area contributed by atoms with Crippen molar-refractivity contribution in [2.75, 3.05) is 19.5 Å². The molecule has 1 aromatic carbocycles. The van der Waals surface area contributed by atoms with E-state index in [-0.39, 0.29) is 11.2 Å². The highest BCUT2D eigenvalue weighted by atomic mass is 32.2. The lowest BCUT2D eigenvalue weighted by molar-refractivity contribution is -0.139. The van der Waals surface area contributed by atoms with Crippen molar-refractivity contribution in [2.45, 2.75) is 19.1 Å². The highest BCUT2D eigenvalue weighted by Gasteiger charge is 2.12. The zero-order valence-corrected chi connectivity index (χ0v) is 11.3. The summed E-state index contributed by atoms with van der Waals surface area (Å²) in [5.74, 6) is 1.48. The number of carbonyl (C=O) groups excluding carboxylic acids is 1. The average molecular weight is 254 g/mol. The van der Waals surface area contributed by atoms with Crippen molar-refractivity contribution >= 4 is 17.7 Å². The number of benzene rings is 1. The molecule has 0 aliphatic carbocycles. The van der Waals surface area contributed by atoms with Gasteiger partial charge in [0, 0.05) is 5.75 Å². The van der Waals surface area contributed by atoms with Gasteiger partial charge in [-0.25, -0.2) is 0 Å². The number of methoxy groups -OCH3 is 1. The van der Waals surface area contributed by atoms with Crippen LogP contribution >= 0.6 is 11.8 Å². The fraction of sp³-hybridized carbons (Fsp3) is 0.462. The molecule has 0 saturated heterocycles. The summed E-state index contributed by atoms with van der Waals surface area (Å²) < 4.78 is 10.3. The first-order chi connectivity index (χ1) is 8.15. The largest absolute Gasteiger partial charge is 0.492 e. The van der Waals surface area contributed by atoms with E-state index in [1.807, 2.05) is 38.1 Å². The lowest BCUT2D eigenvalue weighted by Crippen LogP contribution is -2.16. The first-order valence-electron chi connectivity index (χ1n) is 5.53. The van der Waals surface area contributed by atoms with Gasteiger partial charge in [-0.05, 0) is 25.5 Å². The smallest absolute Gasteiger partial charge is 0.318 e. The number of hydrogen-bond acceptors (Lipinski definition) is 4. The number of thioether (sulfide) groups is 1. The molecule has 0 aliphatic rings. The van der Waals surface area contributed by atoms with Crippen LogP contribution in [-0.4, -0.2) is 30.7 Å². The fourth-order valence-corrected chi connectivity index (χ4v) is 2.09. The molecule has 0 aliphatic heterocycles. The quantitative estimate of drug-likeness (QED) is 0.577. The Hall–Kier alpha value is -1.16. The van der Waals surface area contributed by atoms with Crippen LogP contribution in [0, 0.1) is 6.92 Å². The van der Waals surface area contributed by atoms with E-state index in [0.717, 1.165) is 17.1 Å². The number of hydrogen-bond donors (Lipinski definition) is 0. The highest BCUT2D eigenvalue weighted by Crippen LogP contribution is 2.17. The van der Waals surface area contributed by atoms with E-state index in [0.29, 0.717) is 6.61 Å². The van der Waals surface area contributed by atoms with E-state index in [9.17, 15) is 4.79 Å². The van der Waals surface area contributed by atoms with E-state index < -0.39 is 0 Å². The van der Waals surface area contributed by atoms with Crippen LogP contribution < -0.4 is 4.74 Å². The average Bonchev–Trinajstić information content (AvgIpc) is 2.35. The number of carbonyl (C=O) groups is 1. The van der Waals surface area contributed by atoms with Gasteiger partial charge in [-0.1, -0.05) is 18.2 Å². The Bertz CT molecular complexity index is 365. The number of para-hydroxylation sites is 1. The summed E-state index contributed by atoms with van der Waals surface area (Å²) in [5, 5.41) is -0.138. The Morgan fingerprint density at radius 3 is 2.76 bits per heavy atom. The minimum Gasteiger partial charge on any atom is -0.492 e. The molecule has 0 amide bonds. The number of rotatable bonds is 6. The first kappa shape index (κ1) is 13.9. The number of ether oxygens (including phenoxy) is 2. The van der Waals surface area contributed by atoms with Crippen LogP contribution in [0.2, 0.25) is 0 Å². The molecule has 1 unspecified atom stereocenters. The standard InChI is InChI=1S/C13H18O3S/c1-10-6-4-5-7-12(10)16-8-9-17-11(2)13(14)15-3/h4-7,11H,8-9H2,1-3H3. The van der Waals surface area contributed by atoms with Gasteiger partial charge in [0.15, 0.2) is 0 Å². The maximum Gasteiger partial charge on any atom is 0.318 e. The van der Waals surface area contributed by atoms with Crippen molar-refractivity contribution in [1.29, 1.82) is 0 Å². The van der Waals surface area contributed by atoms with Gasteiger partial charge in [-0.15, -0.1) is 11.8 Å². The summed E-state index contributed by atoms with van der Waals surface area (Å²) >= 11 is 1.53. The Morgan fingerprint density at radius 1 is 1.41 bits per heavy atom. The summed E-state index contributed by atoms with van der Waals surface area (Å²) in [7, 11) is 1.41. The van der Waals surface area contributed by atoms with Gasteiger partial charge in [0.1, 0.15) is 5.75 Å². The number of aryl methyl sites for hydroxylation is 1. The SMILES string of the molecule is COC(=O)C(C)SCCOc1ccccc1C. The van der Waals surface area contributed by atoms with Crippen molar-refractivity contribution in [1.82, 2.24) is 0 Å². The third-order valence-electron chi connectivity index (χ3n) is 2.34. The molecule has 94 valence electrons. The van der Waals surface area contributed by atoms with E-state index >= 15 is 0 Å². The van der Waals surface area contributed by atoms with Crippen LogP contribution in [-0.2, 0) is 9.53 Å². The Labute approximate surface area is 106 Å². The van der Waals surface area contributed by atoms with Crippen molar-refractivity contribution < 1.29 is 14.3 Å². The Balaban J connectivity index is 2.25. The molecule has 3 nitrogen and oxygen atoms in total. The molecule has 1 rings (SSSR count). The topological polar surface area (TPSA) is 35.5 Å². The van der Waals surface area contributed by atoms with E-state index in [4.69, 9.17) is 4.74 Å². The predicted octanol–water partition coefficient (Wildman–Crippen LogP) is 2.67. The first-order valence-corrected chi connectivity index (χ1v) is 6.58. The van der Waals surface area contributed by atoms with Gasteiger partial charge in [-0.3, -0.25) is 4.79 Å². The highest BCUT2D eigenvalue weighted by molar-refractivity contribution is 8.00. The maximum absolute atomic E-state index is 11.1. The minimum atomic E-state index is -0.189. The maximum atomic E-state index is 11.1. The lowest BCUT2D eigenvalue weighted by Gasteiger charge is -2.11. The predicted molar refractivity (Wildman–Crippen MR) is 70.6 cm³/mol. The van der Waals surface area contributed by atoms with Crippen molar-refractivity contribution in [3.05, 3.63) is 29.8 Å². The molecule has 4 heteroatoms. The molecule has 0 spiro atoms. The summed E-state index contributed by atoms with van der Waals surface area (Å²) in [4.78, 5) is 11.1.